The molecule has 0 saturated carbocycles. The number of amides is 1. The minimum absolute atomic E-state index is 0.0438. The molecule has 1 aromatic rings. The molecule has 1 fully saturated rings. The maximum absolute atomic E-state index is 13.0. The van der Waals surface area contributed by atoms with Gasteiger partial charge in [-0.1, -0.05) is 27.2 Å². The smallest absolute Gasteiger partial charge is 0.330 e. The molecule has 1 atom stereocenters. The van der Waals surface area contributed by atoms with E-state index in [1.165, 1.54) is 9.47 Å². The number of H-pyrrole nitrogens is 1. The van der Waals surface area contributed by atoms with Crippen molar-refractivity contribution in [2.45, 2.75) is 65.5 Å². The van der Waals surface area contributed by atoms with Gasteiger partial charge in [0.1, 0.15) is 11.9 Å². The Labute approximate surface area is 153 Å². The standard InChI is InChI=1S/C18H30N4O4/c1-4-5-9-22-15(19)14(16(23)20-18(22)25)21(10-8-12(2)3)17(24)13-7-6-11-26-13/h12-13H,4-11,19H2,1-3H3,(H,20,23,25)/t13-/m1/s1. The summed E-state index contributed by atoms with van der Waals surface area (Å²) in [6.07, 6.45) is 3.23. The van der Waals surface area contributed by atoms with Crippen molar-refractivity contribution in [2.24, 2.45) is 5.92 Å². The van der Waals surface area contributed by atoms with Gasteiger partial charge in [0.25, 0.3) is 11.5 Å². The predicted molar refractivity (Wildman–Crippen MR) is 101 cm³/mol. The van der Waals surface area contributed by atoms with Crippen molar-refractivity contribution >= 4 is 17.4 Å². The number of ether oxygens (including phenoxy) is 1. The molecule has 1 amide bonds. The van der Waals surface area contributed by atoms with E-state index < -0.39 is 17.4 Å². The van der Waals surface area contributed by atoms with Gasteiger partial charge in [-0.25, -0.2) is 4.79 Å². The lowest BCUT2D eigenvalue weighted by Gasteiger charge is -2.27. The summed E-state index contributed by atoms with van der Waals surface area (Å²) in [4.78, 5) is 41.3. The molecule has 0 aromatic carbocycles. The van der Waals surface area contributed by atoms with Crippen molar-refractivity contribution in [2.75, 3.05) is 23.8 Å². The molecule has 8 heteroatoms. The lowest BCUT2D eigenvalue weighted by Crippen LogP contribution is -2.45. The number of unbranched alkanes of at least 4 members (excludes halogenated alkanes) is 1. The highest BCUT2D eigenvalue weighted by Crippen LogP contribution is 2.23. The van der Waals surface area contributed by atoms with E-state index in [2.05, 4.69) is 4.98 Å². The van der Waals surface area contributed by atoms with Crippen LogP contribution >= 0.6 is 0 Å². The fourth-order valence-corrected chi connectivity index (χ4v) is 3.04. The van der Waals surface area contributed by atoms with Gasteiger partial charge >= 0.3 is 5.69 Å². The molecule has 0 unspecified atom stereocenters. The van der Waals surface area contributed by atoms with Crippen LogP contribution in [0.25, 0.3) is 0 Å². The van der Waals surface area contributed by atoms with E-state index in [-0.39, 0.29) is 17.4 Å². The van der Waals surface area contributed by atoms with Crippen LogP contribution in [0.2, 0.25) is 0 Å². The SMILES string of the molecule is CCCCn1c(N)c(N(CCC(C)C)C(=O)[C@H]2CCCO2)c(=O)[nH]c1=O. The predicted octanol–water partition coefficient (Wildman–Crippen LogP) is 1.48. The molecule has 0 radical (unpaired) electrons. The van der Waals surface area contributed by atoms with Crippen molar-refractivity contribution in [1.82, 2.24) is 9.55 Å². The third-order valence-electron chi connectivity index (χ3n) is 4.62. The summed E-state index contributed by atoms with van der Waals surface area (Å²) in [7, 11) is 0. The van der Waals surface area contributed by atoms with Gasteiger partial charge in [0.15, 0.2) is 5.69 Å². The number of carbonyl (C=O) groups is 1. The number of aromatic nitrogens is 2. The Kier molecular flexibility index (Phi) is 7.02. The van der Waals surface area contributed by atoms with Gasteiger partial charge in [0.05, 0.1) is 0 Å². The number of hydrogen-bond acceptors (Lipinski definition) is 5. The molecule has 8 nitrogen and oxygen atoms in total. The van der Waals surface area contributed by atoms with E-state index >= 15 is 0 Å². The van der Waals surface area contributed by atoms with Crippen LogP contribution in [0.3, 0.4) is 0 Å². The molecule has 0 bridgehead atoms. The zero-order valence-corrected chi connectivity index (χ0v) is 15.9. The Balaban J connectivity index is 2.46. The van der Waals surface area contributed by atoms with Crippen LogP contribution < -0.4 is 21.9 Å². The number of anilines is 2. The van der Waals surface area contributed by atoms with Crippen LogP contribution in [0.1, 0.15) is 52.9 Å². The average molecular weight is 366 g/mol. The van der Waals surface area contributed by atoms with Crippen LogP contribution in [0, 0.1) is 5.92 Å². The maximum atomic E-state index is 13.0. The van der Waals surface area contributed by atoms with Gasteiger partial charge in [0, 0.05) is 19.7 Å². The van der Waals surface area contributed by atoms with Crippen molar-refractivity contribution in [1.29, 1.82) is 0 Å². The van der Waals surface area contributed by atoms with Gasteiger partial charge < -0.3 is 15.4 Å². The molecule has 1 aliphatic rings. The fraction of sp³-hybridized carbons (Fsp3) is 0.722. The largest absolute Gasteiger partial charge is 0.383 e. The Morgan fingerprint density at radius 3 is 2.73 bits per heavy atom. The normalized spacial score (nSPS) is 17.0. The van der Waals surface area contributed by atoms with Crippen LogP contribution in [0.5, 0.6) is 0 Å². The van der Waals surface area contributed by atoms with E-state index in [1.807, 2.05) is 20.8 Å². The number of nitrogens with zero attached hydrogens (tertiary/aromatic N) is 2. The quantitative estimate of drug-likeness (QED) is 0.724. The van der Waals surface area contributed by atoms with Crippen molar-refractivity contribution in [3.05, 3.63) is 20.8 Å². The van der Waals surface area contributed by atoms with Gasteiger partial charge in [-0.05, 0) is 31.6 Å². The molecule has 1 saturated heterocycles. The van der Waals surface area contributed by atoms with Crippen molar-refractivity contribution in [3.63, 3.8) is 0 Å². The minimum atomic E-state index is -0.629. The van der Waals surface area contributed by atoms with Crippen LogP contribution in [0.15, 0.2) is 9.59 Å². The number of aromatic amines is 1. The topological polar surface area (TPSA) is 110 Å². The summed E-state index contributed by atoms with van der Waals surface area (Å²) in [5.41, 5.74) is 5.06. The Bertz CT molecular complexity index is 732. The molecule has 0 spiro atoms. The molecular weight excluding hydrogens is 336 g/mol. The van der Waals surface area contributed by atoms with Gasteiger partial charge in [-0.3, -0.25) is 19.1 Å². The Morgan fingerprint density at radius 1 is 1.42 bits per heavy atom. The van der Waals surface area contributed by atoms with E-state index in [4.69, 9.17) is 10.5 Å². The number of nitrogen functional groups attached to an aromatic ring is 1. The lowest BCUT2D eigenvalue weighted by molar-refractivity contribution is -0.127. The van der Waals surface area contributed by atoms with E-state index in [9.17, 15) is 14.4 Å². The number of nitrogens with one attached hydrogen (secondary N) is 1. The molecule has 2 rings (SSSR count). The zero-order chi connectivity index (χ0) is 19.3. The average Bonchev–Trinajstić information content (AvgIpc) is 3.11. The first kappa shape index (κ1) is 20.2. The molecule has 1 aromatic heterocycles. The second-order valence-electron chi connectivity index (χ2n) is 7.17. The number of rotatable bonds is 8. The Morgan fingerprint density at radius 2 is 2.15 bits per heavy atom. The fourth-order valence-electron chi connectivity index (χ4n) is 3.04. The minimum Gasteiger partial charge on any atom is -0.383 e. The first-order valence-corrected chi connectivity index (χ1v) is 9.42. The highest BCUT2D eigenvalue weighted by molar-refractivity contribution is 5.98. The summed E-state index contributed by atoms with van der Waals surface area (Å²) < 4.78 is 6.85. The maximum Gasteiger partial charge on any atom is 0.330 e. The number of nitrogens with two attached hydrogens (primary N) is 1. The van der Waals surface area contributed by atoms with Crippen LogP contribution in [-0.2, 0) is 16.1 Å². The van der Waals surface area contributed by atoms with Crippen molar-refractivity contribution in [3.8, 4) is 0 Å². The van der Waals surface area contributed by atoms with Gasteiger partial charge in [-0.2, -0.15) is 0 Å². The summed E-state index contributed by atoms with van der Waals surface area (Å²) >= 11 is 0. The number of carbonyl (C=O) groups excluding carboxylic acids is 1. The monoisotopic (exact) mass is 366 g/mol. The Hall–Kier alpha value is -2.09. The molecule has 2 heterocycles. The zero-order valence-electron chi connectivity index (χ0n) is 15.9. The second-order valence-corrected chi connectivity index (χ2v) is 7.17. The summed E-state index contributed by atoms with van der Waals surface area (Å²) in [5.74, 6) is 0.129. The first-order valence-electron chi connectivity index (χ1n) is 9.42. The highest BCUT2D eigenvalue weighted by atomic mass is 16.5. The molecule has 1 aliphatic heterocycles. The first-order chi connectivity index (χ1) is 12.4. The molecule has 3 N–H and O–H groups in total. The third-order valence-corrected chi connectivity index (χ3v) is 4.62. The van der Waals surface area contributed by atoms with Gasteiger partial charge in [-0.15, -0.1) is 0 Å². The van der Waals surface area contributed by atoms with Crippen LogP contribution in [0.4, 0.5) is 11.5 Å². The summed E-state index contributed by atoms with van der Waals surface area (Å²) in [6.45, 7) is 7.39. The van der Waals surface area contributed by atoms with E-state index in [0.29, 0.717) is 38.5 Å². The molecule has 146 valence electrons. The van der Waals surface area contributed by atoms with Gasteiger partial charge in [0.2, 0.25) is 0 Å². The second kappa shape index (κ2) is 9.02. The molecular formula is C18H30N4O4. The molecule has 26 heavy (non-hydrogen) atoms. The van der Waals surface area contributed by atoms with Crippen molar-refractivity contribution < 1.29 is 9.53 Å². The molecule has 0 aliphatic carbocycles. The van der Waals surface area contributed by atoms with Crippen LogP contribution in [-0.4, -0.2) is 34.7 Å². The van der Waals surface area contributed by atoms with E-state index in [1.54, 1.807) is 0 Å². The summed E-state index contributed by atoms with van der Waals surface area (Å²) in [5, 5.41) is 0. The number of hydrogen-bond donors (Lipinski definition) is 2. The lowest BCUT2D eigenvalue weighted by atomic mass is 10.1. The third kappa shape index (κ3) is 4.55. The highest BCUT2D eigenvalue weighted by Gasteiger charge is 2.32. The summed E-state index contributed by atoms with van der Waals surface area (Å²) in [6, 6.07) is 0. The van der Waals surface area contributed by atoms with E-state index in [0.717, 1.165) is 19.3 Å².